The molecule has 0 unspecified atom stereocenters. The van der Waals surface area contributed by atoms with Crippen LogP contribution in [0.15, 0.2) is 39.1 Å². The third-order valence-electron chi connectivity index (χ3n) is 3.65. The number of likely N-dealkylation sites (N-methyl/N-ethyl adjacent to an activating group) is 1. The topological polar surface area (TPSA) is 60.8 Å². The van der Waals surface area contributed by atoms with Gasteiger partial charge in [0.2, 0.25) is 5.91 Å². The summed E-state index contributed by atoms with van der Waals surface area (Å²) < 4.78 is 1.04. The lowest BCUT2D eigenvalue weighted by Crippen LogP contribution is -2.43. The molecule has 6 nitrogen and oxygen atoms in total. The van der Waals surface area contributed by atoms with Gasteiger partial charge in [-0.25, -0.2) is 9.98 Å². The van der Waals surface area contributed by atoms with Gasteiger partial charge in [-0.1, -0.05) is 28.1 Å². The number of carbonyl (C=O) groups is 1. The van der Waals surface area contributed by atoms with Crippen molar-refractivity contribution in [2.75, 3.05) is 27.7 Å². The van der Waals surface area contributed by atoms with Crippen molar-refractivity contribution >= 4 is 39.1 Å². The highest BCUT2D eigenvalue weighted by molar-refractivity contribution is 9.10. The van der Waals surface area contributed by atoms with E-state index in [1.54, 1.807) is 30.3 Å². The van der Waals surface area contributed by atoms with Gasteiger partial charge in [-0.3, -0.25) is 4.79 Å². The number of aliphatic imine (C=N–C) groups is 1. The van der Waals surface area contributed by atoms with Crippen LogP contribution in [0.5, 0.6) is 0 Å². The minimum absolute atomic E-state index is 0.000700. The predicted molar refractivity (Wildman–Crippen MR) is 110 cm³/mol. The lowest BCUT2D eigenvalue weighted by molar-refractivity contribution is -0.127. The second-order valence-corrected chi connectivity index (χ2v) is 8.10. The number of nitrogens with zero attached hydrogens (tertiary/aromatic N) is 4. The Morgan fingerprint density at radius 2 is 1.96 bits per heavy atom. The van der Waals surface area contributed by atoms with E-state index in [9.17, 15) is 4.79 Å². The zero-order chi connectivity index (χ0) is 19.1. The van der Waals surface area contributed by atoms with Crippen molar-refractivity contribution in [2.45, 2.75) is 20.0 Å². The summed E-state index contributed by atoms with van der Waals surface area (Å²) in [5.41, 5.74) is 2.09. The molecular weight excluding hydrogens is 414 g/mol. The highest BCUT2D eigenvalue weighted by Crippen LogP contribution is 2.12. The maximum atomic E-state index is 11.9. The molecule has 1 aromatic carbocycles. The summed E-state index contributed by atoms with van der Waals surface area (Å²) in [6.07, 6.45) is 0. The molecule has 0 aliphatic rings. The second-order valence-electron chi connectivity index (χ2n) is 6.12. The fourth-order valence-electron chi connectivity index (χ4n) is 2.18. The Hall–Kier alpha value is -1.93. The Balaban J connectivity index is 2.09. The van der Waals surface area contributed by atoms with Gasteiger partial charge in [-0.2, -0.15) is 0 Å². The normalized spacial score (nSPS) is 11.3. The molecule has 1 heterocycles. The molecule has 0 atom stereocenters. The Morgan fingerprint density at radius 3 is 2.54 bits per heavy atom. The molecule has 0 radical (unpaired) electrons. The third-order valence-corrected chi connectivity index (χ3v) is 5.00. The van der Waals surface area contributed by atoms with E-state index < -0.39 is 0 Å². The van der Waals surface area contributed by atoms with Crippen LogP contribution in [0.1, 0.15) is 16.3 Å². The van der Waals surface area contributed by atoms with Crippen LogP contribution < -0.4 is 5.32 Å². The first-order chi connectivity index (χ1) is 12.3. The first-order valence-electron chi connectivity index (χ1n) is 8.20. The van der Waals surface area contributed by atoms with Gasteiger partial charge in [0, 0.05) is 31.0 Å². The van der Waals surface area contributed by atoms with E-state index in [0.717, 1.165) is 20.7 Å². The summed E-state index contributed by atoms with van der Waals surface area (Å²) in [5.74, 6) is 0.674. The molecule has 1 N–H and O–H groups in total. The summed E-state index contributed by atoms with van der Waals surface area (Å²) >= 11 is 5.07. The first-order valence-corrected chi connectivity index (χ1v) is 9.87. The van der Waals surface area contributed by atoms with Gasteiger partial charge >= 0.3 is 0 Å². The van der Waals surface area contributed by atoms with E-state index in [1.807, 2.05) is 48.5 Å². The number of nitrogens with one attached hydrogen (secondary N) is 1. The van der Waals surface area contributed by atoms with E-state index in [2.05, 4.69) is 31.2 Å². The van der Waals surface area contributed by atoms with Crippen molar-refractivity contribution in [1.82, 2.24) is 20.1 Å². The van der Waals surface area contributed by atoms with Gasteiger partial charge < -0.3 is 15.1 Å². The summed E-state index contributed by atoms with van der Waals surface area (Å²) in [5, 5.41) is 6.24. The number of benzene rings is 1. The van der Waals surface area contributed by atoms with Crippen LogP contribution in [0.25, 0.3) is 0 Å². The van der Waals surface area contributed by atoms with Crippen LogP contribution in [0, 0.1) is 6.92 Å². The van der Waals surface area contributed by atoms with Crippen LogP contribution in [0.2, 0.25) is 0 Å². The monoisotopic (exact) mass is 437 g/mol. The zero-order valence-electron chi connectivity index (χ0n) is 15.5. The SMILES string of the molecule is Cc1nc(CN(C)C(=NCc2ccc(Br)cc2)NCC(=O)N(C)C)cs1. The number of amides is 1. The van der Waals surface area contributed by atoms with E-state index in [0.29, 0.717) is 19.0 Å². The molecule has 1 amide bonds. The van der Waals surface area contributed by atoms with E-state index in [-0.39, 0.29) is 12.5 Å². The lowest BCUT2D eigenvalue weighted by Gasteiger charge is -2.22. The van der Waals surface area contributed by atoms with Crippen molar-refractivity contribution in [3.63, 3.8) is 0 Å². The van der Waals surface area contributed by atoms with Crippen molar-refractivity contribution in [2.24, 2.45) is 4.99 Å². The van der Waals surface area contributed by atoms with E-state index >= 15 is 0 Å². The average Bonchev–Trinajstić information content (AvgIpc) is 3.00. The van der Waals surface area contributed by atoms with Gasteiger partial charge in [-0.15, -0.1) is 11.3 Å². The number of rotatable bonds is 6. The van der Waals surface area contributed by atoms with E-state index in [1.165, 1.54) is 0 Å². The van der Waals surface area contributed by atoms with Crippen molar-refractivity contribution in [3.05, 3.63) is 50.4 Å². The number of thiazole rings is 1. The standard InChI is InChI=1S/C18H24BrN5OS/c1-13-22-16(12-26-13)11-24(4)18(21-10-17(25)23(2)3)20-9-14-5-7-15(19)8-6-14/h5-8,12H,9-11H2,1-4H3,(H,20,21). The van der Waals surface area contributed by atoms with Gasteiger partial charge in [0.1, 0.15) is 0 Å². The van der Waals surface area contributed by atoms with Crippen LogP contribution >= 0.6 is 27.3 Å². The van der Waals surface area contributed by atoms with Crippen LogP contribution in [0.4, 0.5) is 0 Å². The van der Waals surface area contributed by atoms with Gasteiger partial charge in [-0.05, 0) is 24.6 Å². The van der Waals surface area contributed by atoms with Gasteiger partial charge in [0.15, 0.2) is 5.96 Å². The molecule has 140 valence electrons. The molecule has 8 heteroatoms. The molecule has 26 heavy (non-hydrogen) atoms. The molecule has 2 rings (SSSR count). The highest BCUT2D eigenvalue weighted by Gasteiger charge is 2.12. The molecule has 0 bridgehead atoms. The Labute approximate surface area is 167 Å². The Bertz CT molecular complexity index is 757. The van der Waals surface area contributed by atoms with Gasteiger partial charge in [0.25, 0.3) is 0 Å². The van der Waals surface area contributed by atoms with Crippen LogP contribution in [0.3, 0.4) is 0 Å². The molecule has 0 aliphatic heterocycles. The van der Waals surface area contributed by atoms with Crippen LogP contribution in [-0.2, 0) is 17.9 Å². The van der Waals surface area contributed by atoms with Crippen LogP contribution in [-0.4, -0.2) is 54.3 Å². The molecule has 2 aromatic rings. The third kappa shape index (κ3) is 6.42. The van der Waals surface area contributed by atoms with E-state index in [4.69, 9.17) is 0 Å². The maximum Gasteiger partial charge on any atom is 0.241 e. The number of hydrogen-bond acceptors (Lipinski definition) is 4. The fourth-order valence-corrected chi connectivity index (χ4v) is 3.05. The smallest absolute Gasteiger partial charge is 0.241 e. The Kier molecular flexibility index (Phi) is 7.59. The minimum Gasteiger partial charge on any atom is -0.347 e. The quantitative estimate of drug-likeness (QED) is 0.557. The summed E-state index contributed by atoms with van der Waals surface area (Å²) in [6.45, 7) is 3.36. The molecule has 1 aromatic heterocycles. The molecule has 0 spiro atoms. The van der Waals surface area contributed by atoms with Crippen molar-refractivity contribution in [1.29, 1.82) is 0 Å². The number of guanidine groups is 1. The average molecular weight is 438 g/mol. The number of aryl methyl sites for hydroxylation is 1. The minimum atomic E-state index is -0.000700. The molecular formula is C18H24BrN5OS. The van der Waals surface area contributed by atoms with Gasteiger partial charge in [0.05, 0.1) is 30.3 Å². The molecule has 0 saturated heterocycles. The maximum absolute atomic E-state index is 11.9. The number of aromatic nitrogens is 1. The molecule has 0 aliphatic carbocycles. The molecule has 0 saturated carbocycles. The number of carbonyl (C=O) groups excluding carboxylic acids is 1. The lowest BCUT2D eigenvalue weighted by atomic mass is 10.2. The summed E-state index contributed by atoms with van der Waals surface area (Å²) in [7, 11) is 5.43. The second kappa shape index (κ2) is 9.68. The summed E-state index contributed by atoms with van der Waals surface area (Å²) in [4.78, 5) is 24.6. The molecule has 0 fully saturated rings. The zero-order valence-corrected chi connectivity index (χ0v) is 17.9. The summed E-state index contributed by atoms with van der Waals surface area (Å²) in [6, 6.07) is 8.05. The first kappa shape index (κ1) is 20.4. The van der Waals surface area contributed by atoms with Crippen molar-refractivity contribution in [3.8, 4) is 0 Å². The highest BCUT2D eigenvalue weighted by atomic mass is 79.9. The predicted octanol–water partition coefficient (Wildman–Crippen LogP) is 2.88. The largest absolute Gasteiger partial charge is 0.347 e. The fraction of sp³-hybridized carbons (Fsp3) is 0.389. The number of halogens is 1. The number of hydrogen-bond donors (Lipinski definition) is 1. The Morgan fingerprint density at radius 1 is 1.27 bits per heavy atom. The van der Waals surface area contributed by atoms with Crippen molar-refractivity contribution < 1.29 is 4.79 Å².